The Hall–Kier alpha value is -1.66. The summed E-state index contributed by atoms with van der Waals surface area (Å²) in [4.78, 5) is 25.6. The molecule has 6 heteroatoms. The van der Waals surface area contributed by atoms with E-state index in [1.54, 1.807) is 6.07 Å². The molecule has 0 aromatic carbocycles. The van der Waals surface area contributed by atoms with Gasteiger partial charge in [-0.3, -0.25) is 14.5 Å². The first-order valence-electron chi connectivity index (χ1n) is 6.90. The van der Waals surface area contributed by atoms with E-state index in [1.807, 2.05) is 0 Å². The van der Waals surface area contributed by atoms with Crippen molar-refractivity contribution in [1.29, 1.82) is 0 Å². The molecular weight excluding hydrogens is 260 g/mol. The van der Waals surface area contributed by atoms with Crippen LogP contribution in [-0.2, 0) is 9.53 Å². The van der Waals surface area contributed by atoms with Crippen molar-refractivity contribution in [3.05, 3.63) is 24.2 Å². The molecule has 0 radical (unpaired) electrons. The predicted molar refractivity (Wildman–Crippen MR) is 72.5 cm³/mol. The lowest BCUT2D eigenvalue weighted by Gasteiger charge is -2.32. The van der Waals surface area contributed by atoms with Crippen LogP contribution in [0.25, 0.3) is 0 Å². The molecule has 1 saturated heterocycles. The summed E-state index contributed by atoms with van der Waals surface area (Å²) < 4.78 is 10.5. The predicted octanol–water partition coefficient (Wildman–Crippen LogP) is 0.689. The number of carbonyl (C=O) groups is 2. The number of likely N-dealkylation sites (N-methyl/N-ethyl adjacent to an activating group) is 1. The molecule has 110 valence electrons. The summed E-state index contributed by atoms with van der Waals surface area (Å²) in [5, 5.41) is 2.60. The van der Waals surface area contributed by atoms with Crippen LogP contribution in [0.2, 0.25) is 0 Å². The van der Waals surface area contributed by atoms with Gasteiger partial charge in [0.2, 0.25) is 0 Å². The minimum atomic E-state index is -0.644. The second-order valence-electron chi connectivity index (χ2n) is 4.74. The van der Waals surface area contributed by atoms with Crippen molar-refractivity contribution in [3.8, 4) is 0 Å². The number of hydrogen-bond donors (Lipinski definition) is 1. The molecule has 1 aliphatic heterocycles. The zero-order valence-corrected chi connectivity index (χ0v) is 11.6. The average molecular weight is 280 g/mol. The number of Topliss-reactive ketones (excluding diaryl/α,β-unsaturated/α-hetero) is 1. The lowest BCUT2D eigenvalue weighted by atomic mass is 10.2. The van der Waals surface area contributed by atoms with Crippen molar-refractivity contribution in [2.75, 3.05) is 32.8 Å². The highest BCUT2D eigenvalue weighted by molar-refractivity contribution is 6.42. The Kier molecular flexibility index (Phi) is 5.31. The fourth-order valence-electron chi connectivity index (χ4n) is 2.19. The zero-order chi connectivity index (χ0) is 14.4. The summed E-state index contributed by atoms with van der Waals surface area (Å²) >= 11 is 0. The fraction of sp³-hybridized carbons (Fsp3) is 0.571. The maximum atomic E-state index is 11.6. The molecule has 0 unspecified atom stereocenters. The first kappa shape index (κ1) is 14.7. The summed E-state index contributed by atoms with van der Waals surface area (Å²) in [6.45, 7) is 6.09. The van der Waals surface area contributed by atoms with Crippen LogP contribution in [0.5, 0.6) is 0 Å². The van der Waals surface area contributed by atoms with Gasteiger partial charge in [-0.25, -0.2) is 0 Å². The van der Waals surface area contributed by atoms with Crippen molar-refractivity contribution >= 4 is 11.7 Å². The highest BCUT2D eigenvalue weighted by atomic mass is 16.5. The second kappa shape index (κ2) is 7.21. The number of nitrogens with zero attached hydrogens (tertiary/aromatic N) is 1. The second-order valence-corrected chi connectivity index (χ2v) is 4.74. The number of ketones is 1. The highest BCUT2D eigenvalue weighted by Crippen LogP contribution is 2.07. The Bertz CT molecular complexity index is 444. The third-order valence-corrected chi connectivity index (χ3v) is 3.37. The molecule has 2 rings (SSSR count). The number of morpholine rings is 1. The van der Waals surface area contributed by atoms with Crippen molar-refractivity contribution in [3.63, 3.8) is 0 Å². The maximum Gasteiger partial charge on any atom is 0.295 e. The van der Waals surface area contributed by atoms with Gasteiger partial charge in [0.05, 0.1) is 19.0 Å². The number of carbonyl (C=O) groups excluding carboxylic acids is 2. The molecule has 2 heterocycles. The molecular formula is C14H20N2O4. The summed E-state index contributed by atoms with van der Waals surface area (Å²) in [7, 11) is 0. The van der Waals surface area contributed by atoms with E-state index < -0.39 is 11.7 Å². The average Bonchev–Trinajstić information content (AvgIpc) is 3.00. The van der Waals surface area contributed by atoms with Crippen LogP contribution in [0, 0.1) is 0 Å². The smallest absolute Gasteiger partial charge is 0.295 e. The van der Waals surface area contributed by atoms with E-state index in [2.05, 4.69) is 17.1 Å². The number of rotatable bonds is 6. The molecule has 1 fully saturated rings. The molecule has 1 aliphatic rings. The van der Waals surface area contributed by atoms with Gasteiger partial charge >= 0.3 is 0 Å². The van der Waals surface area contributed by atoms with Gasteiger partial charge in [0.1, 0.15) is 0 Å². The Morgan fingerprint density at radius 3 is 3.05 bits per heavy atom. The number of hydrogen-bond acceptors (Lipinski definition) is 5. The minimum absolute atomic E-state index is 0.0635. The van der Waals surface area contributed by atoms with Crippen LogP contribution >= 0.6 is 0 Å². The minimum Gasteiger partial charge on any atom is -0.461 e. The number of ether oxygens (including phenoxy) is 1. The van der Waals surface area contributed by atoms with Crippen LogP contribution in [0.1, 0.15) is 23.9 Å². The monoisotopic (exact) mass is 280 g/mol. The third kappa shape index (κ3) is 3.91. The van der Waals surface area contributed by atoms with Crippen molar-refractivity contribution < 1.29 is 18.7 Å². The van der Waals surface area contributed by atoms with Gasteiger partial charge in [-0.2, -0.15) is 0 Å². The normalized spacial score (nSPS) is 19.8. The molecule has 1 N–H and O–H groups in total. The molecule has 0 aliphatic carbocycles. The molecule has 0 saturated carbocycles. The van der Waals surface area contributed by atoms with E-state index in [0.717, 1.165) is 26.2 Å². The number of nitrogens with one attached hydrogen (secondary N) is 1. The first-order valence-corrected chi connectivity index (χ1v) is 6.90. The largest absolute Gasteiger partial charge is 0.461 e. The van der Waals surface area contributed by atoms with Crippen LogP contribution in [-0.4, -0.2) is 55.5 Å². The van der Waals surface area contributed by atoms with Gasteiger partial charge in [-0.1, -0.05) is 6.92 Å². The summed E-state index contributed by atoms with van der Waals surface area (Å²) in [6.07, 6.45) is 2.19. The Balaban J connectivity index is 1.70. The van der Waals surface area contributed by atoms with Gasteiger partial charge in [-0.15, -0.1) is 0 Å². The summed E-state index contributed by atoms with van der Waals surface area (Å²) in [5.74, 6) is -1.22. The van der Waals surface area contributed by atoms with E-state index in [0.29, 0.717) is 13.0 Å². The molecule has 0 spiro atoms. The Morgan fingerprint density at radius 1 is 1.50 bits per heavy atom. The molecule has 6 nitrogen and oxygen atoms in total. The van der Waals surface area contributed by atoms with Crippen LogP contribution in [0.4, 0.5) is 0 Å². The van der Waals surface area contributed by atoms with Crippen molar-refractivity contribution in [2.24, 2.45) is 0 Å². The standard InChI is InChI=1S/C14H20N2O4/c1-2-16-7-9-19-11(10-16)5-6-15-14(18)13(17)12-4-3-8-20-12/h3-4,8,11H,2,5-7,9-10H2,1H3,(H,15,18)/t11-/m0/s1. The molecule has 1 aromatic heterocycles. The SMILES string of the molecule is CCN1CCO[C@@H](CCNC(=O)C(=O)c2ccco2)C1. The van der Waals surface area contributed by atoms with Crippen LogP contribution < -0.4 is 5.32 Å². The molecule has 20 heavy (non-hydrogen) atoms. The van der Waals surface area contributed by atoms with Crippen LogP contribution in [0.15, 0.2) is 22.8 Å². The van der Waals surface area contributed by atoms with Crippen molar-refractivity contribution in [1.82, 2.24) is 10.2 Å². The zero-order valence-electron chi connectivity index (χ0n) is 11.6. The Labute approximate surface area is 118 Å². The van der Waals surface area contributed by atoms with Crippen LogP contribution in [0.3, 0.4) is 0 Å². The lowest BCUT2D eigenvalue weighted by molar-refractivity contribution is -0.117. The molecule has 1 amide bonds. The quantitative estimate of drug-likeness (QED) is 0.613. The van der Waals surface area contributed by atoms with Crippen molar-refractivity contribution in [2.45, 2.75) is 19.4 Å². The van der Waals surface area contributed by atoms with E-state index in [4.69, 9.17) is 9.15 Å². The van der Waals surface area contributed by atoms with E-state index >= 15 is 0 Å². The highest BCUT2D eigenvalue weighted by Gasteiger charge is 2.21. The molecule has 1 aromatic rings. The maximum absolute atomic E-state index is 11.6. The Morgan fingerprint density at radius 2 is 2.35 bits per heavy atom. The van der Waals surface area contributed by atoms with E-state index in [-0.39, 0.29) is 11.9 Å². The number of amides is 1. The topological polar surface area (TPSA) is 71.8 Å². The lowest BCUT2D eigenvalue weighted by Crippen LogP contribution is -2.43. The van der Waals surface area contributed by atoms with Gasteiger partial charge in [0, 0.05) is 19.6 Å². The van der Waals surface area contributed by atoms with E-state index in [9.17, 15) is 9.59 Å². The summed E-state index contributed by atoms with van der Waals surface area (Å²) in [6, 6.07) is 3.06. The fourth-order valence-corrected chi connectivity index (χ4v) is 2.19. The van der Waals surface area contributed by atoms with E-state index in [1.165, 1.54) is 12.3 Å². The summed E-state index contributed by atoms with van der Waals surface area (Å²) in [5.41, 5.74) is 0. The van der Waals surface area contributed by atoms with Gasteiger partial charge in [-0.05, 0) is 25.1 Å². The van der Waals surface area contributed by atoms with Gasteiger partial charge in [0.15, 0.2) is 5.76 Å². The number of furan rings is 1. The third-order valence-electron chi connectivity index (χ3n) is 3.37. The van der Waals surface area contributed by atoms with Gasteiger partial charge < -0.3 is 14.5 Å². The van der Waals surface area contributed by atoms with Gasteiger partial charge in [0.25, 0.3) is 11.7 Å². The first-order chi connectivity index (χ1) is 9.70. The molecule has 1 atom stereocenters. The molecule has 0 bridgehead atoms.